The van der Waals surface area contributed by atoms with Gasteiger partial charge in [-0.05, 0) is 72.0 Å². The Balaban J connectivity index is 1.33. The lowest BCUT2D eigenvalue weighted by atomic mass is 9.78. The van der Waals surface area contributed by atoms with E-state index in [1.54, 1.807) is 12.2 Å². The van der Waals surface area contributed by atoms with E-state index < -0.39 is 28.2 Å². The molecule has 4 aromatic rings. The van der Waals surface area contributed by atoms with Gasteiger partial charge >= 0.3 is 11.9 Å². The summed E-state index contributed by atoms with van der Waals surface area (Å²) in [4.78, 5) is 55.8. The molecule has 0 unspecified atom stereocenters. The first-order valence-electron chi connectivity index (χ1n) is 20.5. The molecule has 9 heteroatoms. The van der Waals surface area contributed by atoms with Gasteiger partial charge in [0.2, 0.25) is 17.3 Å². The minimum Gasteiger partial charge on any atom is -0.871 e. The van der Waals surface area contributed by atoms with Crippen molar-refractivity contribution in [3.8, 4) is 0 Å². The van der Waals surface area contributed by atoms with Crippen molar-refractivity contribution in [3.05, 3.63) is 119 Å². The van der Waals surface area contributed by atoms with Crippen molar-refractivity contribution in [3.63, 3.8) is 0 Å². The largest absolute Gasteiger partial charge is 0.871 e. The molecule has 58 heavy (non-hydrogen) atoms. The number of ketones is 2. The summed E-state index contributed by atoms with van der Waals surface area (Å²) in [7, 11) is 0. The zero-order chi connectivity index (χ0) is 41.4. The Morgan fingerprint density at radius 1 is 0.724 bits per heavy atom. The Labute approximate surface area is 340 Å². The minimum atomic E-state index is -0.871. The summed E-state index contributed by atoms with van der Waals surface area (Å²) in [6.45, 7) is 13.4. The van der Waals surface area contributed by atoms with Crippen LogP contribution in [0, 0.1) is 0 Å². The topological polar surface area (TPSA) is 116 Å². The van der Waals surface area contributed by atoms with Crippen LogP contribution in [-0.2, 0) is 39.5 Å². The number of Topliss-reactive ketones (excluding diaryl/α,β-unsaturated/α-hetero) is 2. The van der Waals surface area contributed by atoms with Crippen LogP contribution < -0.4 is 10.0 Å². The lowest BCUT2D eigenvalue weighted by Gasteiger charge is -2.27. The molecule has 0 saturated heterocycles. The highest BCUT2D eigenvalue weighted by Gasteiger charge is 2.48. The number of anilines is 1. The number of ether oxygens (including phenoxy) is 2. The molecular formula is C49H52N2O7. The van der Waals surface area contributed by atoms with Crippen molar-refractivity contribution in [2.24, 2.45) is 0 Å². The quantitative estimate of drug-likeness (QED) is 0.0414. The highest BCUT2D eigenvalue weighted by molar-refractivity contribution is 6.54. The number of carbonyl (C=O) groups is 4. The van der Waals surface area contributed by atoms with Crippen molar-refractivity contribution in [1.82, 2.24) is 0 Å². The van der Waals surface area contributed by atoms with Gasteiger partial charge < -0.3 is 19.5 Å². The SMILES string of the molecule is CCCCOC(=O)CCN1/C(=C/C2=C([O-])C(=C/C3=[N+](CCC(=O)OCCCC)c4ccc5ccccc5c4C3(C)C)/C(=O)C2=O)C(C)(C)c2c1ccc1ccccc21. The molecule has 0 fully saturated rings. The van der Waals surface area contributed by atoms with Gasteiger partial charge in [0.1, 0.15) is 6.42 Å². The standard InChI is InChI=1S/C49H52N2O7/c1-7-9-27-57-41(52)23-25-50-37-21-19-31-15-11-13-17-33(31)43(37)48(3,4)39(50)29-35-45(54)36(47(56)46(35)55)30-40-49(5,6)44-34-18-14-12-16-32(34)20-22-38(44)51(40)26-24-42(53)58-28-10-8-2/h11-22,29-30H,7-10,23-28H2,1-6H3. The van der Waals surface area contributed by atoms with Gasteiger partial charge in [0.15, 0.2) is 12.3 Å². The third-order valence-electron chi connectivity index (χ3n) is 11.9. The highest BCUT2D eigenvalue weighted by Crippen LogP contribution is 2.52. The Hall–Kier alpha value is -5.83. The number of fused-ring (bicyclic) bond motifs is 6. The van der Waals surface area contributed by atoms with E-state index in [0.29, 0.717) is 24.6 Å². The number of allylic oxidation sites excluding steroid dienone is 5. The maximum absolute atomic E-state index is 14.5. The summed E-state index contributed by atoms with van der Waals surface area (Å²) < 4.78 is 13.0. The van der Waals surface area contributed by atoms with Crippen molar-refractivity contribution >= 4 is 62.1 Å². The molecule has 0 bridgehead atoms. The summed E-state index contributed by atoms with van der Waals surface area (Å²) in [5, 5.41) is 18.7. The summed E-state index contributed by atoms with van der Waals surface area (Å²) in [5.74, 6) is -3.05. The fourth-order valence-corrected chi connectivity index (χ4v) is 8.82. The van der Waals surface area contributed by atoms with E-state index in [2.05, 4.69) is 12.1 Å². The van der Waals surface area contributed by atoms with Crippen LogP contribution in [0.1, 0.15) is 91.2 Å². The third-order valence-corrected chi connectivity index (χ3v) is 11.9. The Morgan fingerprint density at radius 3 is 1.95 bits per heavy atom. The van der Waals surface area contributed by atoms with E-state index in [0.717, 1.165) is 69.7 Å². The maximum Gasteiger partial charge on any atom is 0.312 e. The predicted molar refractivity (Wildman–Crippen MR) is 225 cm³/mol. The second-order valence-corrected chi connectivity index (χ2v) is 16.4. The first-order chi connectivity index (χ1) is 27.8. The lowest BCUT2D eigenvalue weighted by Crippen LogP contribution is -2.30. The number of carbonyl (C=O) groups excluding carboxylic acids is 4. The van der Waals surface area contributed by atoms with Gasteiger partial charge in [-0.3, -0.25) is 19.2 Å². The van der Waals surface area contributed by atoms with Crippen molar-refractivity contribution in [2.45, 2.75) is 90.9 Å². The van der Waals surface area contributed by atoms with Gasteiger partial charge in [-0.1, -0.05) is 101 Å². The van der Waals surface area contributed by atoms with Crippen LogP contribution in [0.25, 0.3) is 21.5 Å². The molecule has 2 heterocycles. The van der Waals surface area contributed by atoms with Gasteiger partial charge in [0, 0.05) is 52.2 Å². The molecule has 0 N–H and O–H groups in total. The second-order valence-electron chi connectivity index (χ2n) is 16.4. The molecule has 300 valence electrons. The molecule has 9 nitrogen and oxygen atoms in total. The van der Waals surface area contributed by atoms with E-state index in [4.69, 9.17) is 9.47 Å². The lowest BCUT2D eigenvalue weighted by molar-refractivity contribution is -0.436. The number of hydrogen-bond donors (Lipinski definition) is 0. The molecule has 0 aromatic heterocycles. The zero-order valence-corrected chi connectivity index (χ0v) is 34.4. The van der Waals surface area contributed by atoms with Crippen LogP contribution in [0.15, 0.2) is 108 Å². The summed E-state index contributed by atoms with van der Waals surface area (Å²) in [6, 6.07) is 24.2. The Morgan fingerprint density at radius 2 is 1.31 bits per heavy atom. The molecule has 4 aromatic carbocycles. The van der Waals surface area contributed by atoms with Gasteiger partial charge in [-0.15, -0.1) is 0 Å². The molecule has 2 aliphatic heterocycles. The first kappa shape index (κ1) is 40.4. The smallest absolute Gasteiger partial charge is 0.312 e. The van der Waals surface area contributed by atoms with Crippen LogP contribution in [-0.4, -0.2) is 60.1 Å². The monoisotopic (exact) mass is 780 g/mol. The fraction of sp³-hybridized carbons (Fsp3) is 0.367. The van der Waals surface area contributed by atoms with Gasteiger partial charge in [0.25, 0.3) is 0 Å². The van der Waals surface area contributed by atoms with Crippen LogP contribution >= 0.6 is 0 Å². The third kappa shape index (κ3) is 7.16. The molecule has 3 aliphatic rings. The molecular weight excluding hydrogens is 729 g/mol. The molecule has 0 spiro atoms. The second kappa shape index (κ2) is 16.2. The predicted octanol–water partition coefficient (Wildman–Crippen LogP) is 8.21. The van der Waals surface area contributed by atoms with Crippen molar-refractivity contribution < 1.29 is 38.3 Å². The fourth-order valence-electron chi connectivity index (χ4n) is 8.82. The zero-order valence-electron chi connectivity index (χ0n) is 34.4. The summed E-state index contributed by atoms with van der Waals surface area (Å²) in [5.41, 5.74) is 3.20. The molecule has 0 atom stereocenters. The van der Waals surface area contributed by atoms with E-state index >= 15 is 0 Å². The first-order valence-corrected chi connectivity index (χ1v) is 20.5. The summed E-state index contributed by atoms with van der Waals surface area (Å²) in [6.07, 6.45) is 6.68. The number of nitrogens with zero attached hydrogens (tertiary/aromatic N) is 2. The number of benzene rings is 4. The maximum atomic E-state index is 14.5. The number of hydrogen-bond acceptors (Lipinski definition) is 8. The number of esters is 2. The van der Waals surface area contributed by atoms with E-state index in [-0.39, 0.29) is 49.0 Å². The minimum absolute atomic E-state index is 0.0926. The average Bonchev–Trinajstić information content (AvgIpc) is 3.66. The number of rotatable bonds is 14. The highest BCUT2D eigenvalue weighted by atomic mass is 16.5. The Bertz CT molecular complexity index is 2480. The molecule has 7 rings (SSSR count). The van der Waals surface area contributed by atoms with Crippen LogP contribution in [0.3, 0.4) is 0 Å². The van der Waals surface area contributed by atoms with Crippen LogP contribution in [0.2, 0.25) is 0 Å². The van der Waals surface area contributed by atoms with Crippen LogP contribution in [0.4, 0.5) is 11.4 Å². The molecule has 0 radical (unpaired) electrons. The van der Waals surface area contributed by atoms with Gasteiger partial charge in [-0.25, -0.2) is 0 Å². The van der Waals surface area contributed by atoms with E-state index in [1.807, 2.05) is 112 Å². The molecule has 1 aliphatic carbocycles. The average molecular weight is 781 g/mol. The van der Waals surface area contributed by atoms with Crippen molar-refractivity contribution in [2.75, 3.05) is 31.2 Å². The number of unbranched alkanes of at least 4 members (excludes halogenated alkanes) is 2. The van der Waals surface area contributed by atoms with Crippen molar-refractivity contribution in [1.29, 1.82) is 0 Å². The summed E-state index contributed by atoms with van der Waals surface area (Å²) >= 11 is 0. The normalized spacial score (nSPS) is 18.3. The Kier molecular flexibility index (Phi) is 11.3. The molecule has 0 saturated carbocycles. The van der Waals surface area contributed by atoms with E-state index in [9.17, 15) is 24.3 Å². The van der Waals surface area contributed by atoms with Gasteiger partial charge in [-0.2, -0.15) is 4.58 Å². The molecule has 0 amide bonds. The van der Waals surface area contributed by atoms with Crippen LogP contribution in [0.5, 0.6) is 0 Å². The van der Waals surface area contributed by atoms with Gasteiger partial charge in [0.05, 0.1) is 25.0 Å². The van der Waals surface area contributed by atoms with E-state index in [1.165, 1.54) is 0 Å².